The molecule has 0 bridgehead atoms. The van der Waals surface area contributed by atoms with Gasteiger partial charge in [-0.05, 0) is 30.5 Å². The van der Waals surface area contributed by atoms with Crippen LogP contribution in [-0.4, -0.2) is 47.2 Å². The number of benzene rings is 2. The van der Waals surface area contributed by atoms with Gasteiger partial charge in [0.15, 0.2) is 0 Å². The number of rotatable bonds is 9. The van der Waals surface area contributed by atoms with E-state index in [0.717, 1.165) is 16.7 Å². The Bertz CT molecular complexity index is 1180. The van der Waals surface area contributed by atoms with Gasteiger partial charge in [-0.3, -0.25) is 4.79 Å². The molecular formula is C27H30N2O7S. The molecule has 0 aliphatic rings. The normalized spacial score (nSPS) is 11.1. The molecule has 3 aromatic rings. The summed E-state index contributed by atoms with van der Waals surface area (Å²) in [4.78, 5) is 44.3. The molecule has 37 heavy (non-hydrogen) atoms. The maximum atomic E-state index is 13.3. The molecule has 0 spiro atoms. The number of esters is 1. The van der Waals surface area contributed by atoms with Gasteiger partial charge in [0, 0.05) is 10.9 Å². The zero-order chi connectivity index (χ0) is 27.4. The van der Waals surface area contributed by atoms with Gasteiger partial charge in [0.05, 0.1) is 6.61 Å². The van der Waals surface area contributed by atoms with E-state index in [4.69, 9.17) is 24.5 Å². The lowest BCUT2D eigenvalue weighted by molar-refractivity contribution is -0.159. The molecule has 4 N–H and O–H groups in total. The number of aliphatic carboxylic acids is 2. The van der Waals surface area contributed by atoms with Crippen molar-refractivity contribution < 1.29 is 34.1 Å². The van der Waals surface area contributed by atoms with E-state index in [0.29, 0.717) is 23.0 Å². The summed E-state index contributed by atoms with van der Waals surface area (Å²) >= 11 is 1.33. The van der Waals surface area contributed by atoms with Crippen molar-refractivity contribution in [3.8, 4) is 11.1 Å². The predicted molar refractivity (Wildman–Crippen MR) is 142 cm³/mol. The quantitative estimate of drug-likeness (QED) is 0.233. The highest BCUT2D eigenvalue weighted by Crippen LogP contribution is 2.36. The Morgan fingerprint density at radius 2 is 1.49 bits per heavy atom. The summed E-state index contributed by atoms with van der Waals surface area (Å²) in [5.74, 6) is -3.91. The molecule has 0 saturated carbocycles. The minimum Gasteiger partial charge on any atom is -0.473 e. The maximum absolute atomic E-state index is 13.3. The van der Waals surface area contributed by atoms with Crippen molar-refractivity contribution in [3.05, 3.63) is 77.2 Å². The van der Waals surface area contributed by atoms with Crippen molar-refractivity contribution in [2.24, 2.45) is 5.92 Å². The predicted octanol–water partition coefficient (Wildman–Crippen LogP) is 4.67. The highest BCUT2D eigenvalue weighted by Gasteiger charge is 2.26. The first-order valence-corrected chi connectivity index (χ1v) is 12.4. The standard InChI is InChI=1S/C25H28N2O3S.C2H2O4/c1-4-30-25(29)21-20(18-11-7-5-8-12-18)16-31-24(21)27-23(28)22(26-15-17(2)3)19-13-9-6-10-14-19;3-1(4)2(5)6/h5-14,16-17,22,26H,4,15H2,1-3H3,(H,27,28);(H,3,4)(H,5,6). The molecule has 10 heteroatoms. The third kappa shape index (κ3) is 8.85. The average Bonchev–Trinajstić information content (AvgIpc) is 3.29. The Morgan fingerprint density at radius 3 is 2.00 bits per heavy atom. The van der Waals surface area contributed by atoms with E-state index in [1.165, 1.54) is 11.3 Å². The zero-order valence-electron chi connectivity index (χ0n) is 20.8. The highest BCUT2D eigenvalue weighted by molar-refractivity contribution is 7.15. The van der Waals surface area contributed by atoms with Gasteiger partial charge < -0.3 is 25.6 Å². The average molecular weight is 527 g/mol. The van der Waals surface area contributed by atoms with Crippen LogP contribution in [0.1, 0.15) is 42.7 Å². The number of hydrogen-bond donors (Lipinski definition) is 4. The van der Waals surface area contributed by atoms with Gasteiger partial charge in [0.2, 0.25) is 5.91 Å². The monoisotopic (exact) mass is 526 g/mol. The van der Waals surface area contributed by atoms with Crippen molar-refractivity contribution in [1.82, 2.24) is 5.32 Å². The molecule has 0 radical (unpaired) electrons. The fraction of sp³-hybridized carbons (Fsp3) is 0.259. The second-order valence-electron chi connectivity index (χ2n) is 8.19. The molecule has 0 aliphatic heterocycles. The first kappa shape index (κ1) is 29.2. The van der Waals surface area contributed by atoms with Crippen LogP contribution in [0.5, 0.6) is 0 Å². The molecule has 1 heterocycles. The number of hydrogen-bond acceptors (Lipinski definition) is 7. The minimum atomic E-state index is -1.82. The first-order chi connectivity index (χ1) is 17.6. The topological polar surface area (TPSA) is 142 Å². The highest BCUT2D eigenvalue weighted by atomic mass is 32.1. The van der Waals surface area contributed by atoms with Crippen LogP contribution >= 0.6 is 11.3 Å². The Kier molecular flexibility index (Phi) is 11.5. The van der Waals surface area contributed by atoms with Crippen LogP contribution in [0.25, 0.3) is 11.1 Å². The Morgan fingerprint density at radius 1 is 0.919 bits per heavy atom. The van der Waals surface area contributed by atoms with Crippen molar-refractivity contribution in [1.29, 1.82) is 0 Å². The number of carbonyl (C=O) groups excluding carboxylic acids is 2. The van der Waals surface area contributed by atoms with Crippen LogP contribution in [-0.2, 0) is 19.1 Å². The second-order valence-corrected chi connectivity index (χ2v) is 9.06. The molecule has 0 aliphatic carbocycles. The molecular weight excluding hydrogens is 496 g/mol. The van der Waals surface area contributed by atoms with E-state index in [1.54, 1.807) is 6.92 Å². The van der Waals surface area contributed by atoms with Crippen LogP contribution < -0.4 is 10.6 Å². The molecule has 9 nitrogen and oxygen atoms in total. The van der Waals surface area contributed by atoms with Gasteiger partial charge in [-0.2, -0.15) is 0 Å². The van der Waals surface area contributed by atoms with Crippen molar-refractivity contribution in [2.45, 2.75) is 26.8 Å². The molecule has 2 aromatic carbocycles. The lowest BCUT2D eigenvalue weighted by atomic mass is 10.0. The Hall–Kier alpha value is -4.02. The maximum Gasteiger partial charge on any atom is 0.414 e. The number of anilines is 1. The van der Waals surface area contributed by atoms with Gasteiger partial charge in [-0.15, -0.1) is 11.3 Å². The van der Waals surface area contributed by atoms with Gasteiger partial charge in [-0.25, -0.2) is 14.4 Å². The Balaban J connectivity index is 0.000000717. The van der Waals surface area contributed by atoms with Crippen LogP contribution in [0, 0.1) is 5.92 Å². The van der Waals surface area contributed by atoms with Crippen LogP contribution in [0.4, 0.5) is 5.00 Å². The lowest BCUT2D eigenvalue weighted by Gasteiger charge is -2.20. The van der Waals surface area contributed by atoms with E-state index < -0.39 is 23.9 Å². The van der Waals surface area contributed by atoms with E-state index in [1.807, 2.05) is 66.0 Å². The number of carboxylic acid groups (broad SMARTS) is 2. The zero-order valence-corrected chi connectivity index (χ0v) is 21.6. The SMILES string of the molecule is CCOC(=O)c1c(-c2ccccc2)csc1NC(=O)C(NCC(C)C)c1ccccc1.O=C(O)C(=O)O. The summed E-state index contributed by atoms with van der Waals surface area (Å²) in [6.45, 7) is 6.91. The first-order valence-electron chi connectivity index (χ1n) is 11.5. The third-order valence-corrected chi connectivity index (χ3v) is 5.80. The number of amides is 1. The lowest BCUT2D eigenvalue weighted by Crippen LogP contribution is -2.35. The van der Waals surface area contributed by atoms with Gasteiger partial charge >= 0.3 is 17.9 Å². The Labute approximate surface area is 219 Å². The molecule has 1 amide bonds. The van der Waals surface area contributed by atoms with E-state index in [9.17, 15) is 9.59 Å². The molecule has 0 fully saturated rings. The smallest absolute Gasteiger partial charge is 0.414 e. The fourth-order valence-electron chi connectivity index (χ4n) is 3.23. The van der Waals surface area contributed by atoms with E-state index >= 15 is 0 Å². The van der Waals surface area contributed by atoms with Crippen LogP contribution in [0.3, 0.4) is 0 Å². The fourth-order valence-corrected chi connectivity index (χ4v) is 4.19. The summed E-state index contributed by atoms with van der Waals surface area (Å²) in [6.07, 6.45) is 0. The second kappa shape index (κ2) is 14.5. The molecule has 3 rings (SSSR count). The summed E-state index contributed by atoms with van der Waals surface area (Å²) in [5, 5.41) is 23.5. The van der Waals surface area contributed by atoms with E-state index in [-0.39, 0.29) is 12.5 Å². The van der Waals surface area contributed by atoms with Gasteiger partial charge in [0.1, 0.15) is 16.6 Å². The van der Waals surface area contributed by atoms with E-state index in [2.05, 4.69) is 24.5 Å². The summed E-state index contributed by atoms with van der Waals surface area (Å²) in [6, 6.07) is 18.7. The van der Waals surface area contributed by atoms with Crippen molar-refractivity contribution >= 4 is 40.2 Å². The van der Waals surface area contributed by atoms with Crippen LogP contribution in [0.2, 0.25) is 0 Å². The number of nitrogens with one attached hydrogen (secondary N) is 2. The summed E-state index contributed by atoms with van der Waals surface area (Å²) in [5.41, 5.74) is 2.92. The number of ether oxygens (including phenoxy) is 1. The molecule has 1 atom stereocenters. The summed E-state index contributed by atoms with van der Waals surface area (Å²) in [7, 11) is 0. The molecule has 196 valence electrons. The summed E-state index contributed by atoms with van der Waals surface area (Å²) < 4.78 is 5.30. The molecule has 1 unspecified atom stereocenters. The van der Waals surface area contributed by atoms with Gasteiger partial charge in [0.25, 0.3) is 0 Å². The van der Waals surface area contributed by atoms with Crippen molar-refractivity contribution in [2.75, 3.05) is 18.5 Å². The van der Waals surface area contributed by atoms with Crippen LogP contribution in [0.15, 0.2) is 66.0 Å². The minimum absolute atomic E-state index is 0.209. The largest absolute Gasteiger partial charge is 0.473 e. The number of carbonyl (C=O) groups is 4. The molecule has 1 aromatic heterocycles. The number of thiophene rings is 1. The van der Waals surface area contributed by atoms with Crippen molar-refractivity contribution in [3.63, 3.8) is 0 Å². The molecule has 0 saturated heterocycles. The number of carboxylic acids is 2. The third-order valence-electron chi connectivity index (χ3n) is 4.90. The van der Waals surface area contributed by atoms with Gasteiger partial charge in [-0.1, -0.05) is 74.5 Å².